The Hall–Kier alpha value is -1.60. The van der Waals surface area contributed by atoms with Crippen molar-refractivity contribution in [2.24, 2.45) is 16.6 Å². The first-order valence-electron chi connectivity index (χ1n) is 10.1. The number of guanidine groups is 1. The number of hydrogen-bond acceptors (Lipinski definition) is 2. The summed E-state index contributed by atoms with van der Waals surface area (Å²) < 4.78 is 5.51. The van der Waals surface area contributed by atoms with E-state index in [-0.39, 0.29) is 30.0 Å². The summed E-state index contributed by atoms with van der Waals surface area (Å²) >= 11 is 0. The van der Waals surface area contributed by atoms with Crippen LogP contribution in [0.25, 0.3) is 0 Å². The highest BCUT2D eigenvalue weighted by Crippen LogP contribution is 2.30. The van der Waals surface area contributed by atoms with Gasteiger partial charge in [-0.05, 0) is 73.3 Å². The van der Waals surface area contributed by atoms with Crippen LogP contribution in [0, 0.1) is 5.92 Å². The lowest BCUT2D eigenvalue weighted by Crippen LogP contribution is -2.25. The third-order valence-electron chi connectivity index (χ3n) is 5.75. The second kappa shape index (κ2) is 10.3. The molecular formula is C23H30IN3O. The van der Waals surface area contributed by atoms with Crippen molar-refractivity contribution in [2.45, 2.75) is 44.6 Å². The van der Waals surface area contributed by atoms with Gasteiger partial charge in [-0.2, -0.15) is 0 Å². The van der Waals surface area contributed by atoms with E-state index in [1.165, 1.54) is 29.5 Å². The number of nitrogens with zero attached hydrogens (tertiary/aromatic N) is 1. The maximum atomic E-state index is 6.31. The monoisotopic (exact) mass is 491 g/mol. The number of nitrogens with one attached hydrogen (secondary N) is 1. The Bertz CT molecular complexity index is 788. The summed E-state index contributed by atoms with van der Waals surface area (Å²) in [6.07, 6.45) is 6.84. The second-order valence-electron chi connectivity index (χ2n) is 7.69. The van der Waals surface area contributed by atoms with Crippen LogP contribution < -0.4 is 11.1 Å². The van der Waals surface area contributed by atoms with Gasteiger partial charge in [-0.25, -0.2) is 4.99 Å². The highest BCUT2D eigenvalue weighted by molar-refractivity contribution is 14.0. The Morgan fingerprint density at radius 2 is 1.82 bits per heavy atom. The third-order valence-corrected chi connectivity index (χ3v) is 5.75. The maximum Gasteiger partial charge on any atom is 0.193 e. The van der Waals surface area contributed by atoms with E-state index in [1.54, 1.807) is 0 Å². The lowest BCUT2D eigenvalue weighted by molar-refractivity contribution is 0.0619. The summed E-state index contributed by atoms with van der Waals surface area (Å²) in [5.41, 5.74) is 11.5. The van der Waals surface area contributed by atoms with Crippen molar-refractivity contribution in [3.8, 4) is 0 Å². The Morgan fingerprint density at radius 1 is 1.07 bits per heavy atom. The Morgan fingerprint density at radius 3 is 2.61 bits per heavy atom. The Labute approximate surface area is 185 Å². The molecule has 0 bridgehead atoms. The number of halogens is 1. The van der Waals surface area contributed by atoms with E-state index in [1.807, 2.05) is 6.07 Å². The minimum Gasteiger partial charge on any atom is -0.381 e. The normalized spacial score (nSPS) is 18.2. The van der Waals surface area contributed by atoms with Gasteiger partial charge in [0.05, 0.1) is 6.04 Å². The van der Waals surface area contributed by atoms with Gasteiger partial charge in [0, 0.05) is 18.9 Å². The molecule has 1 fully saturated rings. The summed E-state index contributed by atoms with van der Waals surface area (Å²) in [4.78, 5) is 4.87. The van der Waals surface area contributed by atoms with Gasteiger partial charge in [-0.1, -0.05) is 36.4 Å². The molecule has 4 nitrogen and oxygen atoms in total. The van der Waals surface area contributed by atoms with Crippen LogP contribution in [0.15, 0.2) is 53.5 Å². The quantitative estimate of drug-likeness (QED) is 0.349. The number of aliphatic imine (C=N–C) groups is 1. The molecule has 1 unspecified atom stereocenters. The van der Waals surface area contributed by atoms with Crippen molar-refractivity contribution in [1.82, 2.24) is 0 Å². The smallest absolute Gasteiger partial charge is 0.193 e. The SMILES string of the molecule is I.NC(=NC(CC1CCOCC1)c1ccccc1)Nc1ccc2c(c1)CCC2. The summed E-state index contributed by atoms with van der Waals surface area (Å²) in [5, 5.41) is 3.31. The van der Waals surface area contributed by atoms with Crippen LogP contribution in [-0.2, 0) is 17.6 Å². The number of benzene rings is 2. The molecule has 0 aromatic heterocycles. The number of hydrogen-bond donors (Lipinski definition) is 2. The largest absolute Gasteiger partial charge is 0.381 e. The van der Waals surface area contributed by atoms with Gasteiger partial charge >= 0.3 is 0 Å². The highest BCUT2D eigenvalue weighted by Gasteiger charge is 2.20. The van der Waals surface area contributed by atoms with E-state index in [0.717, 1.165) is 44.6 Å². The predicted molar refractivity (Wildman–Crippen MR) is 126 cm³/mol. The number of aryl methyl sites for hydroxylation is 2. The molecule has 5 heteroatoms. The van der Waals surface area contributed by atoms with E-state index in [4.69, 9.17) is 15.5 Å². The molecule has 1 aliphatic carbocycles. The first-order valence-corrected chi connectivity index (χ1v) is 10.1. The van der Waals surface area contributed by atoms with Crippen LogP contribution >= 0.6 is 24.0 Å². The van der Waals surface area contributed by atoms with Crippen LogP contribution in [0.3, 0.4) is 0 Å². The zero-order chi connectivity index (χ0) is 18.5. The number of ether oxygens (including phenoxy) is 1. The van der Waals surface area contributed by atoms with Gasteiger partial charge in [0.2, 0.25) is 0 Å². The lowest BCUT2D eigenvalue weighted by Gasteiger charge is -2.25. The molecule has 28 heavy (non-hydrogen) atoms. The van der Waals surface area contributed by atoms with Crippen molar-refractivity contribution in [1.29, 1.82) is 0 Å². The van der Waals surface area contributed by atoms with E-state index >= 15 is 0 Å². The van der Waals surface area contributed by atoms with Crippen LogP contribution in [0.1, 0.15) is 48.4 Å². The molecule has 3 N–H and O–H groups in total. The van der Waals surface area contributed by atoms with Crippen molar-refractivity contribution >= 4 is 35.6 Å². The fraction of sp³-hybridized carbons (Fsp3) is 0.435. The van der Waals surface area contributed by atoms with Gasteiger partial charge in [0.25, 0.3) is 0 Å². The van der Waals surface area contributed by atoms with E-state index in [2.05, 4.69) is 47.8 Å². The molecule has 0 radical (unpaired) electrons. The molecule has 2 aromatic carbocycles. The average Bonchev–Trinajstić information content (AvgIpc) is 3.17. The second-order valence-corrected chi connectivity index (χ2v) is 7.69. The molecule has 0 spiro atoms. The summed E-state index contributed by atoms with van der Waals surface area (Å²) in [7, 11) is 0. The first kappa shape index (κ1) is 21.1. The van der Waals surface area contributed by atoms with Crippen LogP contribution in [-0.4, -0.2) is 19.2 Å². The fourth-order valence-corrected chi connectivity index (χ4v) is 4.23. The zero-order valence-corrected chi connectivity index (χ0v) is 18.6. The Kier molecular flexibility index (Phi) is 7.73. The molecule has 2 aliphatic rings. The molecule has 150 valence electrons. The summed E-state index contributed by atoms with van der Waals surface area (Å²) in [6.45, 7) is 1.72. The van der Waals surface area contributed by atoms with Crippen LogP contribution in [0.2, 0.25) is 0 Å². The standard InChI is InChI=1S/C23H29N3O.HI/c24-23(25-21-10-9-18-7-4-8-20(18)16-21)26-22(19-5-2-1-3-6-19)15-17-11-13-27-14-12-17;/h1-3,5-6,9-10,16-17,22H,4,7-8,11-15H2,(H3,24,25,26);1H. The topological polar surface area (TPSA) is 59.6 Å². The van der Waals surface area contributed by atoms with Crippen molar-refractivity contribution < 1.29 is 4.74 Å². The van der Waals surface area contributed by atoms with Crippen molar-refractivity contribution in [3.05, 3.63) is 65.2 Å². The van der Waals surface area contributed by atoms with Gasteiger partial charge < -0.3 is 15.8 Å². The number of nitrogens with two attached hydrogens (primary N) is 1. The van der Waals surface area contributed by atoms with Gasteiger partial charge in [-0.15, -0.1) is 24.0 Å². The third kappa shape index (κ3) is 5.47. The average molecular weight is 491 g/mol. The van der Waals surface area contributed by atoms with Gasteiger partial charge in [0.1, 0.15) is 0 Å². The molecule has 1 atom stereocenters. The van der Waals surface area contributed by atoms with E-state index < -0.39 is 0 Å². The number of fused-ring (bicyclic) bond motifs is 1. The number of anilines is 1. The fourth-order valence-electron chi connectivity index (χ4n) is 4.23. The lowest BCUT2D eigenvalue weighted by atomic mass is 9.90. The van der Waals surface area contributed by atoms with E-state index in [9.17, 15) is 0 Å². The minimum atomic E-state index is 0. The van der Waals surface area contributed by atoms with Gasteiger partial charge in [-0.3, -0.25) is 0 Å². The minimum absolute atomic E-state index is 0. The van der Waals surface area contributed by atoms with Crippen LogP contribution in [0.5, 0.6) is 0 Å². The predicted octanol–water partition coefficient (Wildman–Crippen LogP) is 5.08. The molecule has 4 rings (SSSR count). The first-order chi connectivity index (χ1) is 13.3. The molecule has 2 aromatic rings. The van der Waals surface area contributed by atoms with Crippen molar-refractivity contribution in [2.75, 3.05) is 18.5 Å². The molecule has 1 saturated heterocycles. The van der Waals surface area contributed by atoms with Crippen LogP contribution in [0.4, 0.5) is 5.69 Å². The van der Waals surface area contributed by atoms with Crippen molar-refractivity contribution in [3.63, 3.8) is 0 Å². The maximum absolute atomic E-state index is 6.31. The molecule has 1 heterocycles. The number of rotatable bonds is 5. The van der Waals surface area contributed by atoms with E-state index in [0.29, 0.717) is 11.9 Å². The van der Waals surface area contributed by atoms with Gasteiger partial charge in [0.15, 0.2) is 5.96 Å². The highest BCUT2D eigenvalue weighted by atomic mass is 127. The molecule has 0 amide bonds. The molecular weight excluding hydrogens is 461 g/mol. The molecule has 1 aliphatic heterocycles. The Balaban J connectivity index is 0.00000225. The summed E-state index contributed by atoms with van der Waals surface area (Å²) in [6, 6.07) is 17.1. The zero-order valence-electron chi connectivity index (χ0n) is 16.3. The molecule has 0 saturated carbocycles. The summed E-state index contributed by atoms with van der Waals surface area (Å²) in [5.74, 6) is 1.13.